The van der Waals surface area contributed by atoms with E-state index < -0.39 is 11.7 Å². The van der Waals surface area contributed by atoms with Gasteiger partial charge in [0.2, 0.25) is 0 Å². The van der Waals surface area contributed by atoms with Crippen LogP contribution < -0.4 is 9.64 Å². The van der Waals surface area contributed by atoms with Gasteiger partial charge in [0.25, 0.3) is 5.91 Å². The molecule has 3 rings (SSSR count). The monoisotopic (exact) mass is 392 g/mol. The number of nitrogens with zero attached hydrogens (tertiary/aromatic N) is 2. The molecule has 3 aromatic rings. The number of aryl methyl sites for hydroxylation is 1. The number of rotatable bonds is 5. The van der Waals surface area contributed by atoms with E-state index in [0.717, 1.165) is 17.8 Å². The smallest absolute Gasteiger partial charge is 0.416 e. The summed E-state index contributed by atoms with van der Waals surface area (Å²) in [5.74, 6) is -0.199. The molecule has 0 fully saturated rings. The van der Waals surface area contributed by atoms with E-state index in [2.05, 4.69) is 4.98 Å². The first-order valence-corrected chi connectivity index (χ1v) is 8.83. The standard InChI is InChI=1S/C19H15F3N2O2S/c1-13-12-27-18(23-13)24(15-5-3-2-4-6-15)17(25)11-26-16-9-7-14(8-10-16)19(20,21)22/h2-10,12H,11H2,1H3. The van der Waals surface area contributed by atoms with Crippen LogP contribution in [0.1, 0.15) is 11.3 Å². The van der Waals surface area contributed by atoms with Gasteiger partial charge in [-0.15, -0.1) is 11.3 Å². The molecule has 140 valence electrons. The fourth-order valence-electron chi connectivity index (χ4n) is 2.33. The van der Waals surface area contributed by atoms with Crippen molar-refractivity contribution in [2.45, 2.75) is 13.1 Å². The lowest BCUT2D eigenvalue weighted by molar-refractivity contribution is -0.137. The molecule has 0 spiro atoms. The first-order chi connectivity index (χ1) is 12.8. The van der Waals surface area contributed by atoms with Crippen LogP contribution in [0.3, 0.4) is 0 Å². The molecule has 0 unspecified atom stereocenters. The number of benzene rings is 2. The maximum atomic E-state index is 12.7. The lowest BCUT2D eigenvalue weighted by Gasteiger charge is -2.20. The van der Waals surface area contributed by atoms with Crippen LogP contribution in [0.2, 0.25) is 0 Å². The van der Waals surface area contributed by atoms with Crippen molar-refractivity contribution in [3.05, 3.63) is 71.2 Å². The second-order valence-electron chi connectivity index (χ2n) is 5.65. The molecule has 0 aliphatic rings. The molecule has 1 heterocycles. The van der Waals surface area contributed by atoms with Crippen LogP contribution in [0, 0.1) is 6.92 Å². The van der Waals surface area contributed by atoms with Gasteiger partial charge in [-0.05, 0) is 43.3 Å². The van der Waals surface area contributed by atoms with E-state index in [4.69, 9.17) is 4.74 Å². The molecule has 1 aromatic heterocycles. The van der Waals surface area contributed by atoms with Gasteiger partial charge in [0.05, 0.1) is 16.9 Å². The SMILES string of the molecule is Cc1csc(N(C(=O)COc2ccc(C(F)(F)F)cc2)c2ccccc2)n1. The van der Waals surface area contributed by atoms with Crippen molar-refractivity contribution in [2.75, 3.05) is 11.5 Å². The molecule has 2 aromatic carbocycles. The predicted molar refractivity (Wildman–Crippen MR) is 97.4 cm³/mol. The molecular formula is C19H15F3N2O2S. The lowest BCUT2D eigenvalue weighted by Crippen LogP contribution is -2.30. The Balaban J connectivity index is 1.75. The third kappa shape index (κ3) is 4.65. The number of hydrogen-bond acceptors (Lipinski definition) is 4. The number of alkyl halides is 3. The van der Waals surface area contributed by atoms with Gasteiger partial charge in [-0.1, -0.05) is 18.2 Å². The Bertz CT molecular complexity index is 909. The summed E-state index contributed by atoms with van der Waals surface area (Å²) in [4.78, 5) is 18.5. The van der Waals surface area contributed by atoms with E-state index in [1.54, 1.807) is 24.3 Å². The van der Waals surface area contributed by atoms with Crippen molar-refractivity contribution in [1.82, 2.24) is 4.98 Å². The predicted octanol–water partition coefficient (Wildman–Crippen LogP) is 5.21. The average molecular weight is 392 g/mol. The summed E-state index contributed by atoms with van der Waals surface area (Å²) in [6, 6.07) is 13.2. The van der Waals surface area contributed by atoms with Crippen molar-refractivity contribution < 1.29 is 22.7 Å². The van der Waals surface area contributed by atoms with Gasteiger partial charge in [-0.3, -0.25) is 9.69 Å². The molecule has 27 heavy (non-hydrogen) atoms. The molecule has 0 N–H and O–H groups in total. The summed E-state index contributed by atoms with van der Waals surface area (Å²) < 4.78 is 43.2. The van der Waals surface area contributed by atoms with E-state index in [0.29, 0.717) is 10.8 Å². The summed E-state index contributed by atoms with van der Waals surface area (Å²) in [6.45, 7) is 1.49. The zero-order valence-corrected chi connectivity index (χ0v) is 15.1. The molecule has 0 bridgehead atoms. The number of ether oxygens (including phenoxy) is 1. The summed E-state index contributed by atoms with van der Waals surface area (Å²) >= 11 is 1.32. The Morgan fingerprint density at radius 1 is 1.11 bits per heavy atom. The first-order valence-electron chi connectivity index (χ1n) is 7.95. The minimum Gasteiger partial charge on any atom is -0.484 e. The van der Waals surface area contributed by atoms with Crippen LogP contribution in [0.4, 0.5) is 24.0 Å². The van der Waals surface area contributed by atoms with Gasteiger partial charge in [-0.2, -0.15) is 13.2 Å². The summed E-state index contributed by atoms with van der Waals surface area (Å²) in [6.07, 6.45) is -4.42. The van der Waals surface area contributed by atoms with Crippen molar-refractivity contribution in [3.8, 4) is 5.75 Å². The summed E-state index contributed by atoms with van der Waals surface area (Å²) in [5.41, 5.74) is 0.644. The number of amides is 1. The quantitative estimate of drug-likeness (QED) is 0.598. The topological polar surface area (TPSA) is 42.4 Å². The summed E-state index contributed by atoms with van der Waals surface area (Å²) in [7, 11) is 0. The number of hydrogen-bond donors (Lipinski definition) is 0. The highest BCUT2D eigenvalue weighted by molar-refractivity contribution is 7.14. The molecule has 0 saturated heterocycles. The maximum absolute atomic E-state index is 12.7. The average Bonchev–Trinajstić information content (AvgIpc) is 3.06. The second-order valence-corrected chi connectivity index (χ2v) is 6.48. The van der Waals surface area contributed by atoms with E-state index in [1.165, 1.54) is 28.4 Å². The van der Waals surface area contributed by atoms with Crippen LogP contribution in [-0.4, -0.2) is 17.5 Å². The number of anilines is 2. The number of carbonyl (C=O) groups is 1. The normalized spacial score (nSPS) is 11.3. The molecule has 0 aliphatic carbocycles. The minimum atomic E-state index is -4.42. The van der Waals surface area contributed by atoms with Crippen molar-refractivity contribution in [3.63, 3.8) is 0 Å². The number of aromatic nitrogens is 1. The Morgan fingerprint density at radius 3 is 2.33 bits per heavy atom. The molecule has 8 heteroatoms. The van der Waals surface area contributed by atoms with Crippen molar-refractivity contribution >= 4 is 28.1 Å². The van der Waals surface area contributed by atoms with E-state index in [9.17, 15) is 18.0 Å². The minimum absolute atomic E-state index is 0.180. The van der Waals surface area contributed by atoms with Gasteiger partial charge in [0.15, 0.2) is 11.7 Å². The fourth-order valence-corrected chi connectivity index (χ4v) is 3.17. The van der Waals surface area contributed by atoms with Crippen LogP contribution >= 0.6 is 11.3 Å². The summed E-state index contributed by atoms with van der Waals surface area (Å²) in [5, 5.41) is 2.33. The number of para-hydroxylation sites is 1. The highest BCUT2D eigenvalue weighted by atomic mass is 32.1. The fraction of sp³-hybridized carbons (Fsp3) is 0.158. The lowest BCUT2D eigenvalue weighted by atomic mass is 10.2. The van der Waals surface area contributed by atoms with Crippen molar-refractivity contribution in [2.24, 2.45) is 0 Å². The van der Waals surface area contributed by atoms with E-state index in [1.807, 2.05) is 18.4 Å². The van der Waals surface area contributed by atoms with Gasteiger partial charge >= 0.3 is 6.18 Å². The first kappa shape index (κ1) is 18.9. The van der Waals surface area contributed by atoms with Gasteiger partial charge in [0, 0.05) is 5.38 Å². The van der Waals surface area contributed by atoms with Crippen LogP contribution in [0.15, 0.2) is 60.0 Å². The van der Waals surface area contributed by atoms with Crippen LogP contribution in [-0.2, 0) is 11.0 Å². The molecule has 0 radical (unpaired) electrons. The molecule has 0 saturated carbocycles. The number of halogens is 3. The highest BCUT2D eigenvalue weighted by Gasteiger charge is 2.30. The third-order valence-electron chi connectivity index (χ3n) is 3.61. The Hall–Kier alpha value is -2.87. The zero-order valence-electron chi connectivity index (χ0n) is 14.2. The molecule has 0 aliphatic heterocycles. The molecule has 0 atom stereocenters. The largest absolute Gasteiger partial charge is 0.484 e. The van der Waals surface area contributed by atoms with Gasteiger partial charge in [-0.25, -0.2) is 4.98 Å². The molecule has 1 amide bonds. The van der Waals surface area contributed by atoms with Gasteiger partial charge < -0.3 is 4.74 Å². The van der Waals surface area contributed by atoms with Gasteiger partial charge in [0.1, 0.15) is 5.75 Å². The van der Waals surface area contributed by atoms with Crippen LogP contribution in [0.5, 0.6) is 5.75 Å². The highest BCUT2D eigenvalue weighted by Crippen LogP contribution is 2.31. The Morgan fingerprint density at radius 2 is 1.78 bits per heavy atom. The zero-order chi connectivity index (χ0) is 19.4. The third-order valence-corrected chi connectivity index (χ3v) is 4.55. The number of carbonyl (C=O) groups excluding carboxylic acids is 1. The maximum Gasteiger partial charge on any atom is 0.416 e. The van der Waals surface area contributed by atoms with Crippen LogP contribution in [0.25, 0.3) is 0 Å². The Labute approximate surface area is 157 Å². The van der Waals surface area contributed by atoms with E-state index in [-0.39, 0.29) is 18.3 Å². The second kappa shape index (κ2) is 7.79. The number of thiazole rings is 1. The van der Waals surface area contributed by atoms with Crippen molar-refractivity contribution in [1.29, 1.82) is 0 Å². The Kier molecular flexibility index (Phi) is 5.46. The molecule has 4 nitrogen and oxygen atoms in total. The molecular weight excluding hydrogens is 377 g/mol. The van der Waals surface area contributed by atoms with E-state index >= 15 is 0 Å².